The second-order valence-electron chi connectivity index (χ2n) is 5.11. The summed E-state index contributed by atoms with van der Waals surface area (Å²) in [7, 11) is 1.68. The summed E-state index contributed by atoms with van der Waals surface area (Å²) in [6.07, 6.45) is 4.08. The van der Waals surface area contributed by atoms with Gasteiger partial charge in [-0.15, -0.1) is 5.10 Å². The first-order valence-corrected chi connectivity index (χ1v) is 6.95. The molecule has 2 heterocycles. The standard InChI is InChI=1S/C14H19N5O/c1-20-13-6-4-11(5-7-13)14(19-10-16-17-18-19)12-3-2-8-15-9-12/h4-7,10,12,14-15H,2-3,8-9H2,1H3/t12?,14-/m1/s1. The van der Waals surface area contributed by atoms with Gasteiger partial charge in [-0.05, 0) is 53.4 Å². The summed E-state index contributed by atoms with van der Waals surface area (Å²) in [5.74, 6) is 1.37. The van der Waals surface area contributed by atoms with Crippen molar-refractivity contribution in [3.8, 4) is 5.75 Å². The Bertz CT molecular complexity index is 519. The van der Waals surface area contributed by atoms with Crippen LogP contribution >= 0.6 is 0 Å². The van der Waals surface area contributed by atoms with Crippen LogP contribution < -0.4 is 10.1 Å². The smallest absolute Gasteiger partial charge is 0.138 e. The molecule has 20 heavy (non-hydrogen) atoms. The van der Waals surface area contributed by atoms with Crippen LogP contribution in [0.4, 0.5) is 0 Å². The molecule has 0 aliphatic carbocycles. The van der Waals surface area contributed by atoms with E-state index in [1.54, 1.807) is 13.4 Å². The summed E-state index contributed by atoms with van der Waals surface area (Å²) < 4.78 is 7.09. The number of aromatic nitrogens is 4. The summed E-state index contributed by atoms with van der Waals surface area (Å²) >= 11 is 0. The second-order valence-corrected chi connectivity index (χ2v) is 5.11. The van der Waals surface area contributed by atoms with E-state index in [2.05, 4.69) is 33.0 Å². The highest BCUT2D eigenvalue weighted by molar-refractivity contribution is 5.29. The number of nitrogens with zero attached hydrogens (tertiary/aromatic N) is 4. The summed E-state index contributed by atoms with van der Waals surface area (Å²) in [5.41, 5.74) is 1.21. The molecule has 0 spiro atoms. The van der Waals surface area contributed by atoms with Gasteiger partial charge in [0.1, 0.15) is 12.1 Å². The average Bonchev–Trinajstić information content (AvgIpc) is 3.03. The van der Waals surface area contributed by atoms with Crippen LogP contribution in [0.15, 0.2) is 30.6 Å². The second kappa shape index (κ2) is 6.00. The van der Waals surface area contributed by atoms with Crippen LogP contribution in [0.2, 0.25) is 0 Å². The zero-order valence-electron chi connectivity index (χ0n) is 11.6. The number of ether oxygens (including phenoxy) is 1. The highest BCUT2D eigenvalue weighted by atomic mass is 16.5. The minimum Gasteiger partial charge on any atom is -0.497 e. The summed E-state index contributed by atoms with van der Waals surface area (Å²) in [6.45, 7) is 2.10. The van der Waals surface area contributed by atoms with E-state index in [-0.39, 0.29) is 6.04 Å². The highest BCUT2D eigenvalue weighted by Crippen LogP contribution is 2.31. The Morgan fingerprint density at radius 2 is 2.20 bits per heavy atom. The molecule has 1 aliphatic heterocycles. The van der Waals surface area contributed by atoms with Crippen molar-refractivity contribution < 1.29 is 4.74 Å². The van der Waals surface area contributed by atoms with Crippen molar-refractivity contribution in [2.45, 2.75) is 18.9 Å². The molecule has 6 heteroatoms. The van der Waals surface area contributed by atoms with Gasteiger partial charge < -0.3 is 10.1 Å². The van der Waals surface area contributed by atoms with E-state index in [0.29, 0.717) is 5.92 Å². The molecule has 1 saturated heterocycles. The molecule has 3 rings (SSSR count). The topological polar surface area (TPSA) is 64.9 Å². The van der Waals surface area contributed by atoms with Gasteiger partial charge in [-0.1, -0.05) is 12.1 Å². The number of nitrogens with one attached hydrogen (secondary N) is 1. The first-order chi connectivity index (χ1) is 9.88. The fourth-order valence-corrected chi connectivity index (χ4v) is 2.89. The van der Waals surface area contributed by atoms with E-state index in [1.165, 1.54) is 18.4 Å². The maximum atomic E-state index is 5.23. The van der Waals surface area contributed by atoms with Crippen LogP contribution in [0.5, 0.6) is 5.75 Å². The molecule has 1 fully saturated rings. The minimum absolute atomic E-state index is 0.170. The minimum atomic E-state index is 0.170. The van der Waals surface area contributed by atoms with Crippen molar-refractivity contribution in [1.82, 2.24) is 25.5 Å². The normalized spacial score (nSPS) is 20.6. The predicted molar refractivity (Wildman–Crippen MR) is 74.5 cm³/mol. The zero-order chi connectivity index (χ0) is 13.8. The van der Waals surface area contributed by atoms with Gasteiger partial charge in [0, 0.05) is 6.54 Å². The summed E-state index contributed by atoms with van der Waals surface area (Å²) in [6, 6.07) is 8.34. The van der Waals surface area contributed by atoms with E-state index >= 15 is 0 Å². The average molecular weight is 273 g/mol. The SMILES string of the molecule is COc1ccc([C@H](C2CCCNC2)n2cnnn2)cc1. The fourth-order valence-electron chi connectivity index (χ4n) is 2.89. The first-order valence-electron chi connectivity index (χ1n) is 6.95. The van der Waals surface area contributed by atoms with E-state index in [4.69, 9.17) is 4.74 Å². The molecule has 1 N–H and O–H groups in total. The number of rotatable bonds is 4. The lowest BCUT2D eigenvalue weighted by atomic mass is 9.87. The molecule has 1 aromatic carbocycles. The van der Waals surface area contributed by atoms with Gasteiger partial charge in [-0.2, -0.15) is 0 Å². The van der Waals surface area contributed by atoms with Crippen molar-refractivity contribution in [3.63, 3.8) is 0 Å². The van der Waals surface area contributed by atoms with Crippen LogP contribution in [0, 0.1) is 5.92 Å². The van der Waals surface area contributed by atoms with Gasteiger partial charge in [0.25, 0.3) is 0 Å². The molecule has 2 atom stereocenters. The molecule has 0 bridgehead atoms. The predicted octanol–water partition coefficient (Wildman–Crippen LogP) is 1.27. The fraction of sp³-hybridized carbons (Fsp3) is 0.500. The Kier molecular flexibility index (Phi) is 3.92. The van der Waals surface area contributed by atoms with Gasteiger partial charge in [0.2, 0.25) is 0 Å². The van der Waals surface area contributed by atoms with Crippen LogP contribution in [0.1, 0.15) is 24.4 Å². The third-order valence-corrected chi connectivity index (χ3v) is 3.89. The quantitative estimate of drug-likeness (QED) is 0.909. The van der Waals surface area contributed by atoms with Gasteiger partial charge in [-0.25, -0.2) is 4.68 Å². The molecule has 2 aromatic rings. The van der Waals surface area contributed by atoms with E-state index in [9.17, 15) is 0 Å². The van der Waals surface area contributed by atoms with E-state index < -0.39 is 0 Å². The molecule has 1 aromatic heterocycles. The van der Waals surface area contributed by atoms with Crippen molar-refractivity contribution in [2.24, 2.45) is 5.92 Å². The summed E-state index contributed by atoms with van der Waals surface area (Å²) in [4.78, 5) is 0. The molecule has 0 amide bonds. The molecule has 106 valence electrons. The monoisotopic (exact) mass is 273 g/mol. The maximum Gasteiger partial charge on any atom is 0.138 e. The molecule has 0 radical (unpaired) electrons. The lowest BCUT2D eigenvalue weighted by Gasteiger charge is -2.30. The lowest BCUT2D eigenvalue weighted by molar-refractivity contribution is 0.278. The Balaban J connectivity index is 1.91. The number of methoxy groups -OCH3 is 1. The van der Waals surface area contributed by atoms with Crippen LogP contribution in [-0.4, -0.2) is 40.4 Å². The zero-order valence-corrected chi connectivity index (χ0v) is 11.6. The number of piperidine rings is 1. The molecular formula is C14H19N5O. The molecular weight excluding hydrogens is 254 g/mol. The highest BCUT2D eigenvalue weighted by Gasteiger charge is 2.27. The molecule has 0 saturated carbocycles. The molecule has 1 unspecified atom stereocenters. The van der Waals surface area contributed by atoms with Gasteiger partial charge in [-0.3, -0.25) is 0 Å². The van der Waals surface area contributed by atoms with E-state index in [0.717, 1.165) is 18.8 Å². The third kappa shape index (κ3) is 2.65. The Hall–Kier alpha value is -1.95. The van der Waals surface area contributed by atoms with Crippen molar-refractivity contribution in [2.75, 3.05) is 20.2 Å². The van der Waals surface area contributed by atoms with Crippen LogP contribution in [0.3, 0.4) is 0 Å². The van der Waals surface area contributed by atoms with E-state index in [1.807, 2.05) is 16.8 Å². The third-order valence-electron chi connectivity index (χ3n) is 3.89. The van der Waals surface area contributed by atoms with Gasteiger partial charge in [0.05, 0.1) is 13.2 Å². The maximum absolute atomic E-state index is 5.23. The Morgan fingerprint density at radius 3 is 2.80 bits per heavy atom. The molecule has 6 nitrogen and oxygen atoms in total. The number of hydrogen-bond acceptors (Lipinski definition) is 5. The molecule has 1 aliphatic rings. The van der Waals surface area contributed by atoms with Gasteiger partial charge >= 0.3 is 0 Å². The summed E-state index contributed by atoms with van der Waals surface area (Å²) in [5, 5.41) is 15.1. The van der Waals surface area contributed by atoms with Crippen LogP contribution in [-0.2, 0) is 0 Å². The van der Waals surface area contributed by atoms with Crippen LogP contribution in [0.25, 0.3) is 0 Å². The number of tetrazole rings is 1. The number of benzene rings is 1. The van der Waals surface area contributed by atoms with Gasteiger partial charge in [0.15, 0.2) is 0 Å². The van der Waals surface area contributed by atoms with Crippen molar-refractivity contribution >= 4 is 0 Å². The lowest BCUT2D eigenvalue weighted by Crippen LogP contribution is -2.36. The largest absolute Gasteiger partial charge is 0.497 e. The Labute approximate surface area is 118 Å². The number of hydrogen-bond donors (Lipinski definition) is 1. The Morgan fingerprint density at radius 1 is 1.35 bits per heavy atom. The van der Waals surface area contributed by atoms with Crippen molar-refractivity contribution in [1.29, 1.82) is 0 Å². The first kappa shape index (κ1) is 13.1. The van der Waals surface area contributed by atoms with Crippen molar-refractivity contribution in [3.05, 3.63) is 36.2 Å².